The molecule has 3 rings (SSSR count). The maximum Gasteiger partial charge on any atom is 0.234 e. The molecule has 0 fully saturated rings. The Morgan fingerprint density at radius 1 is 1.16 bits per heavy atom. The molecular formula is C19H17ClN2O2S. The number of ketones is 1. The summed E-state index contributed by atoms with van der Waals surface area (Å²) in [5.41, 5.74) is 3.24. The van der Waals surface area contributed by atoms with Crippen molar-refractivity contribution in [1.82, 2.24) is 4.98 Å². The number of para-hydroxylation sites is 1. The third kappa shape index (κ3) is 4.24. The van der Waals surface area contributed by atoms with Gasteiger partial charge in [-0.1, -0.05) is 29.8 Å². The van der Waals surface area contributed by atoms with Gasteiger partial charge in [0.2, 0.25) is 5.91 Å². The number of amides is 1. The highest BCUT2D eigenvalue weighted by molar-refractivity contribution is 8.00. The van der Waals surface area contributed by atoms with E-state index in [1.54, 1.807) is 24.4 Å². The van der Waals surface area contributed by atoms with Gasteiger partial charge in [-0.25, -0.2) is 0 Å². The van der Waals surface area contributed by atoms with E-state index in [1.807, 2.05) is 31.2 Å². The summed E-state index contributed by atoms with van der Waals surface area (Å²) in [7, 11) is 0. The number of anilines is 1. The van der Waals surface area contributed by atoms with E-state index in [1.165, 1.54) is 11.8 Å². The SMILES string of the molecule is Cc1cc(Cl)ccc1NC(=O)CSCC(=O)c1c[nH]c2ccccc12. The van der Waals surface area contributed by atoms with Gasteiger partial charge in [0.25, 0.3) is 0 Å². The highest BCUT2D eigenvalue weighted by Crippen LogP contribution is 2.21. The standard InChI is InChI=1S/C19H17ClN2O2S/c1-12-8-13(20)6-7-16(12)22-19(24)11-25-10-18(23)15-9-21-17-5-3-2-4-14(15)17/h2-9,21H,10-11H2,1H3,(H,22,24). The molecule has 1 amide bonds. The number of carbonyl (C=O) groups excluding carboxylic acids is 2. The van der Waals surface area contributed by atoms with E-state index in [4.69, 9.17) is 11.6 Å². The first-order chi connectivity index (χ1) is 12.0. The fourth-order valence-electron chi connectivity index (χ4n) is 2.57. The summed E-state index contributed by atoms with van der Waals surface area (Å²) in [6, 6.07) is 13.0. The predicted molar refractivity (Wildman–Crippen MR) is 105 cm³/mol. The molecule has 4 nitrogen and oxygen atoms in total. The summed E-state index contributed by atoms with van der Waals surface area (Å²) in [4.78, 5) is 27.5. The lowest BCUT2D eigenvalue weighted by atomic mass is 10.1. The normalized spacial score (nSPS) is 10.8. The highest BCUT2D eigenvalue weighted by Gasteiger charge is 2.13. The van der Waals surface area contributed by atoms with E-state index >= 15 is 0 Å². The van der Waals surface area contributed by atoms with E-state index in [2.05, 4.69) is 10.3 Å². The van der Waals surface area contributed by atoms with Crippen LogP contribution >= 0.6 is 23.4 Å². The van der Waals surface area contributed by atoms with E-state index in [0.29, 0.717) is 10.6 Å². The molecule has 0 saturated carbocycles. The highest BCUT2D eigenvalue weighted by atomic mass is 35.5. The number of aromatic nitrogens is 1. The number of nitrogens with one attached hydrogen (secondary N) is 2. The topological polar surface area (TPSA) is 62.0 Å². The molecule has 3 aromatic rings. The molecule has 0 aliphatic rings. The van der Waals surface area contributed by atoms with Gasteiger partial charge in [-0.2, -0.15) is 0 Å². The molecule has 0 aliphatic carbocycles. The Hall–Kier alpha value is -2.24. The number of halogens is 1. The minimum Gasteiger partial charge on any atom is -0.360 e. The number of hydrogen-bond donors (Lipinski definition) is 2. The number of hydrogen-bond acceptors (Lipinski definition) is 3. The van der Waals surface area contributed by atoms with Crippen molar-refractivity contribution in [1.29, 1.82) is 0 Å². The number of aryl methyl sites for hydroxylation is 1. The van der Waals surface area contributed by atoms with Crippen LogP contribution in [0.5, 0.6) is 0 Å². The molecule has 1 heterocycles. The van der Waals surface area contributed by atoms with Gasteiger partial charge in [0, 0.05) is 33.4 Å². The minimum absolute atomic E-state index is 0.0120. The summed E-state index contributed by atoms with van der Waals surface area (Å²) in [5.74, 6) is 0.352. The summed E-state index contributed by atoms with van der Waals surface area (Å²) in [6.07, 6.45) is 1.73. The van der Waals surface area contributed by atoms with Crippen LogP contribution in [-0.4, -0.2) is 28.2 Å². The Bertz CT molecular complexity index is 936. The number of H-pyrrole nitrogens is 1. The third-order valence-electron chi connectivity index (χ3n) is 3.82. The molecule has 6 heteroatoms. The third-order valence-corrected chi connectivity index (χ3v) is 4.99. The fraction of sp³-hybridized carbons (Fsp3) is 0.158. The maximum absolute atomic E-state index is 12.4. The first kappa shape index (κ1) is 17.6. The Kier molecular flexibility index (Phi) is 5.46. The van der Waals surface area contributed by atoms with Crippen LogP contribution in [0, 0.1) is 6.92 Å². The van der Waals surface area contributed by atoms with Gasteiger partial charge in [-0.3, -0.25) is 9.59 Å². The zero-order valence-corrected chi connectivity index (χ0v) is 15.2. The number of thioether (sulfide) groups is 1. The maximum atomic E-state index is 12.4. The van der Waals surface area contributed by atoms with Crippen LogP contribution in [0.25, 0.3) is 10.9 Å². The Balaban J connectivity index is 1.53. The summed E-state index contributed by atoms with van der Waals surface area (Å²) < 4.78 is 0. The van der Waals surface area contributed by atoms with Crippen molar-refractivity contribution in [2.75, 3.05) is 16.8 Å². The number of fused-ring (bicyclic) bond motifs is 1. The van der Waals surface area contributed by atoms with E-state index < -0.39 is 0 Å². The molecule has 128 valence electrons. The fourth-order valence-corrected chi connectivity index (χ4v) is 3.50. The molecule has 0 unspecified atom stereocenters. The first-order valence-electron chi connectivity index (χ1n) is 7.77. The molecule has 2 N–H and O–H groups in total. The molecule has 1 aromatic heterocycles. The van der Waals surface area contributed by atoms with Gasteiger partial charge in [0.05, 0.1) is 11.5 Å². The summed E-state index contributed by atoms with van der Waals surface area (Å²) in [5, 5.41) is 4.38. The van der Waals surface area contributed by atoms with Crippen molar-refractivity contribution < 1.29 is 9.59 Å². The van der Waals surface area contributed by atoms with Gasteiger partial charge >= 0.3 is 0 Å². The molecular weight excluding hydrogens is 356 g/mol. The van der Waals surface area contributed by atoms with Crippen LogP contribution in [0.1, 0.15) is 15.9 Å². The van der Waals surface area contributed by atoms with Gasteiger partial charge in [-0.05, 0) is 36.8 Å². The second-order valence-electron chi connectivity index (χ2n) is 5.67. The number of Topliss-reactive ketones (excluding diaryl/α,β-unsaturated/α-hetero) is 1. The summed E-state index contributed by atoms with van der Waals surface area (Å²) in [6.45, 7) is 1.88. The van der Waals surface area contributed by atoms with Crippen LogP contribution in [0.15, 0.2) is 48.7 Å². The number of aromatic amines is 1. The lowest BCUT2D eigenvalue weighted by Gasteiger charge is -2.08. The predicted octanol–water partition coefficient (Wildman–Crippen LogP) is 4.68. The number of rotatable bonds is 6. The lowest BCUT2D eigenvalue weighted by Crippen LogP contribution is -2.16. The Morgan fingerprint density at radius 3 is 2.76 bits per heavy atom. The van der Waals surface area contributed by atoms with Gasteiger partial charge in [0.1, 0.15) is 0 Å². The van der Waals surface area contributed by atoms with Gasteiger partial charge in [0.15, 0.2) is 5.78 Å². The average Bonchev–Trinajstić information content (AvgIpc) is 3.01. The molecule has 0 atom stereocenters. The molecule has 0 radical (unpaired) electrons. The van der Waals surface area contributed by atoms with Crippen molar-refractivity contribution in [2.45, 2.75) is 6.92 Å². The zero-order valence-electron chi connectivity index (χ0n) is 13.6. The van der Waals surface area contributed by atoms with Crippen LogP contribution in [0.4, 0.5) is 5.69 Å². The summed E-state index contributed by atoms with van der Waals surface area (Å²) >= 11 is 7.21. The van der Waals surface area contributed by atoms with E-state index in [0.717, 1.165) is 22.2 Å². The number of carbonyl (C=O) groups is 2. The van der Waals surface area contributed by atoms with Crippen LogP contribution < -0.4 is 5.32 Å². The van der Waals surface area contributed by atoms with Crippen LogP contribution in [0.2, 0.25) is 5.02 Å². The van der Waals surface area contributed by atoms with Crippen molar-refractivity contribution in [2.24, 2.45) is 0 Å². The second-order valence-corrected chi connectivity index (χ2v) is 7.09. The molecule has 0 spiro atoms. The average molecular weight is 373 g/mol. The zero-order chi connectivity index (χ0) is 17.8. The van der Waals surface area contributed by atoms with Crippen molar-refractivity contribution in [3.05, 3.63) is 64.8 Å². The lowest BCUT2D eigenvalue weighted by molar-refractivity contribution is -0.113. The first-order valence-corrected chi connectivity index (χ1v) is 9.31. The van der Waals surface area contributed by atoms with Crippen LogP contribution in [-0.2, 0) is 4.79 Å². The molecule has 2 aromatic carbocycles. The van der Waals surface area contributed by atoms with Crippen LogP contribution in [0.3, 0.4) is 0 Å². The van der Waals surface area contributed by atoms with Crippen molar-refractivity contribution >= 4 is 51.6 Å². The molecule has 0 aliphatic heterocycles. The Labute approximate surface area is 155 Å². The largest absolute Gasteiger partial charge is 0.360 e. The van der Waals surface area contributed by atoms with Gasteiger partial charge in [-0.15, -0.1) is 11.8 Å². The smallest absolute Gasteiger partial charge is 0.234 e. The van der Waals surface area contributed by atoms with Crippen molar-refractivity contribution in [3.63, 3.8) is 0 Å². The van der Waals surface area contributed by atoms with Gasteiger partial charge < -0.3 is 10.3 Å². The quantitative estimate of drug-likeness (QED) is 0.617. The molecule has 0 saturated heterocycles. The number of benzene rings is 2. The molecule has 25 heavy (non-hydrogen) atoms. The van der Waals surface area contributed by atoms with E-state index in [9.17, 15) is 9.59 Å². The monoisotopic (exact) mass is 372 g/mol. The van der Waals surface area contributed by atoms with Crippen molar-refractivity contribution in [3.8, 4) is 0 Å². The molecule has 0 bridgehead atoms. The Morgan fingerprint density at radius 2 is 1.96 bits per heavy atom. The minimum atomic E-state index is -0.137. The second kappa shape index (κ2) is 7.76. The van der Waals surface area contributed by atoms with E-state index in [-0.39, 0.29) is 23.2 Å².